The van der Waals surface area contributed by atoms with Crippen LogP contribution in [0.3, 0.4) is 0 Å². The maximum atomic E-state index is 12.2. The Bertz CT molecular complexity index is 1860. The highest BCUT2D eigenvalue weighted by Crippen LogP contribution is 2.36. The smallest absolute Gasteiger partial charge is 0.411 e. The number of benzene rings is 1. The van der Waals surface area contributed by atoms with E-state index < -0.39 is 6.09 Å². The molecule has 0 spiro atoms. The molecule has 0 aliphatic rings. The third-order valence-electron chi connectivity index (χ3n) is 6.09. The van der Waals surface area contributed by atoms with E-state index in [1.54, 1.807) is 36.9 Å². The highest BCUT2D eigenvalue weighted by Gasteiger charge is 2.16. The van der Waals surface area contributed by atoms with E-state index in [-0.39, 0.29) is 13.2 Å². The van der Waals surface area contributed by atoms with Gasteiger partial charge >= 0.3 is 6.09 Å². The van der Waals surface area contributed by atoms with Crippen molar-refractivity contribution in [3.05, 3.63) is 71.4 Å². The van der Waals surface area contributed by atoms with Gasteiger partial charge in [0.05, 0.1) is 46.8 Å². The number of rotatable bonds is 8. The van der Waals surface area contributed by atoms with Crippen molar-refractivity contribution >= 4 is 55.8 Å². The normalized spacial score (nSPS) is 11.1. The number of ether oxygens (including phenoxy) is 3. The maximum absolute atomic E-state index is 12.2. The van der Waals surface area contributed by atoms with Crippen molar-refractivity contribution in [2.75, 3.05) is 25.6 Å². The molecule has 0 atom stereocenters. The fraction of sp³-hybridized carbons (Fsp3) is 0.172. The van der Waals surface area contributed by atoms with E-state index in [2.05, 4.69) is 25.3 Å². The summed E-state index contributed by atoms with van der Waals surface area (Å²) in [7, 11) is 1.57. The molecule has 12 heteroatoms. The number of aromatic nitrogens is 5. The van der Waals surface area contributed by atoms with Gasteiger partial charge in [0.25, 0.3) is 0 Å². The Labute approximate surface area is 243 Å². The van der Waals surface area contributed by atoms with Crippen LogP contribution >= 0.6 is 22.7 Å². The summed E-state index contributed by atoms with van der Waals surface area (Å²) in [4.78, 5) is 37.0. The summed E-state index contributed by atoms with van der Waals surface area (Å²) < 4.78 is 16.3. The summed E-state index contributed by atoms with van der Waals surface area (Å²) in [5.41, 5.74) is 6.53. The molecular formula is C29H24N6O4S2. The summed E-state index contributed by atoms with van der Waals surface area (Å²) in [5.74, 6) is 0.890. The van der Waals surface area contributed by atoms with Gasteiger partial charge in [-0.2, -0.15) is 0 Å². The molecule has 6 aromatic rings. The van der Waals surface area contributed by atoms with Gasteiger partial charge in [-0.3, -0.25) is 10.3 Å². The van der Waals surface area contributed by atoms with Gasteiger partial charge < -0.3 is 14.2 Å². The zero-order valence-electron chi connectivity index (χ0n) is 22.4. The molecule has 5 heterocycles. The number of hydrogen-bond donors (Lipinski definition) is 1. The average Bonchev–Trinajstić information content (AvgIpc) is 3.66. The van der Waals surface area contributed by atoms with Crippen LogP contribution in [-0.4, -0.2) is 51.3 Å². The number of fused-ring (bicyclic) bond motifs is 2. The number of nitrogens with one attached hydrogen (secondary N) is 1. The first-order valence-electron chi connectivity index (χ1n) is 12.6. The number of aryl methyl sites for hydroxylation is 2. The summed E-state index contributed by atoms with van der Waals surface area (Å²) in [5, 5.41) is 5.46. The first-order chi connectivity index (χ1) is 20.0. The fourth-order valence-corrected chi connectivity index (χ4v) is 5.93. The van der Waals surface area contributed by atoms with E-state index in [4.69, 9.17) is 19.2 Å². The number of anilines is 1. The molecule has 0 fully saturated rings. The highest BCUT2D eigenvalue weighted by molar-refractivity contribution is 7.21. The zero-order valence-corrected chi connectivity index (χ0v) is 24.0. The first kappa shape index (κ1) is 26.5. The minimum atomic E-state index is -0.586. The number of carbonyl (C=O) groups excluding carboxylic acids is 1. The molecular weight excluding hydrogens is 560 g/mol. The lowest BCUT2D eigenvalue weighted by Crippen LogP contribution is -2.18. The molecule has 0 saturated heterocycles. The predicted molar refractivity (Wildman–Crippen MR) is 160 cm³/mol. The SMILES string of the molecule is COc1cnc2c(-c3nc4c(C)cc(OCCOC(=O)Nc5ccc(-c6cccs6)nc5)nc4s3)cc(C)cc2n1. The van der Waals surface area contributed by atoms with Crippen molar-refractivity contribution in [1.82, 2.24) is 24.9 Å². The largest absolute Gasteiger partial charge is 0.480 e. The minimum Gasteiger partial charge on any atom is -0.480 e. The van der Waals surface area contributed by atoms with Crippen LogP contribution in [0.4, 0.5) is 10.5 Å². The molecule has 1 amide bonds. The third kappa shape index (κ3) is 5.79. The average molecular weight is 585 g/mol. The molecule has 0 aliphatic carbocycles. The number of methoxy groups -OCH3 is 1. The van der Waals surface area contributed by atoms with Crippen molar-refractivity contribution in [2.24, 2.45) is 0 Å². The van der Waals surface area contributed by atoms with Crippen molar-refractivity contribution in [3.63, 3.8) is 0 Å². The van der Waals surface area contributed by atoms with E-state index in [1.165, 1.54) is 11.3 Å². The second-order valence-electron chi connectivity index (χ2n) is 9.06. The number of carbonyl (C=O) groups is 1. The summed E-state index contributed by atoms with van der Waals surface area (Å²) >= 11 is 3.06. The maximum Gasteiger partial charge on any atom is 0.411 e. The monoisotopic (exact) mass is 584 g/mol. The Morgan fingerprint density at radius 3 is 2.63 bits per heavy atom. The standard InChI is InChI=1S/C29H24N6O4S2/c1-16-11-19(26-21(12-16)33-24(37-3)15-31-26)27-35-25-17(2)13-23(34-28(25)41-27)38-8-9-39-29(36)32-18-6-7-20(30-14-18)22-5-4-10-40-22/h4-7,10-15H,8-9H2,1-3H3,(H,32,36). The molecule has 6 rings (SSSR count). The van der Waals surface area contributed by atoms with Crippen LogP contribution < -0.4 is 14.8 Å². The van der Waals surface area contributed by atoms with Gasteiger partial charge in [-0.1, -0.05) is 17.4 Å². The van der Waals surface area contributed by atoms with Crippen LogP contribution in [0, 0.1) is 13.8 Å². The number of amides is 1. The highest BCUT2D eigenvalue weighted by atomic mass is 32.1. The summed E-state index contributed by atoms with van der Waals surface area (Å²) in [6.45, 7) is 4.17. The Kier molecular flexibility index (Phi) is 7.40. The third-order valence-corrected chi connectivity index (χ3v) is 7.97. The van der Waals surface area contributed by atoms with E-state index in [0.717, 1.165) is 53.6 Å². The second kappa shape index (κ2) is 11.4. The van der Waals surface area contributed by atoms with Gasteiger partial charge in [0.2, 0.25) is 11.8 Å². The number of thiophene rings is 1. The number of pyridine rings is 2. The minimum absolute atomic E-state index is 0.0522. The zero-order chi connectivity index (χ0) is 28.3. The fourth-order valence-electron chi connectivity index (χ4n) is 4.20. The molecule has 0 radical (unpaired) electrons. The van der Waals surface area contributed by atoms with E-state index in [0.29, 0.717) is 17.4 Å². The van der Waals surface area contributed by atoms with Gasteiger partial charge in [-0.15, -0.1) is 11.3 Å². The molecule has 0 saturated carbocycles. The lowest BCUT2D eigenvalue weighted by molar-refractivity contribution is 0.136. The molecule has 1 aromatic carbocycles. The van der Waals surface area contributed by atoms with Crippen molar-refractivity contribution in [2.45, 2.75) is 13.8 Å². The van der Waals surface area contributed by atoms with Crippen LogP contribution in [0.5, 0.6) is 11.8 Å². The van der Waals surface area contributed by atoms with Crippen molar-refractivity contribution in [3.8, 4) is 32.9 Å². The molecule has 0 unspecified atom stereocenters. The predicted octanol–water partition coefficient (Wildman–Crippen LogP) is 6.68. The molecule has 0 bridgehead atoms. The van der Waals surface area contributed by atoms with Gasteiger partial charge in [0.1, 0.15) is 28.6 Å². The van der Waals surface area contributed by atoms with Crippen LogP contribution in [0.1, 0.15) is 11.1 Å². The Morgan fingerprint density at radius 2 is 1.85 bits per heavy atom. The van der Waals surface area contributed by atoms with Crippen LogP contribution in [0.2, 0.25) is 0 Å². The topological polar surface area (TPSA) is 121 Å². The van der Waals surface area contributed by atoms with Gasteiger partial charge in [0.15, 0.2) is 0 Å². The van der Waals surface area contributed by atoms with Gasteiger partial charge in [-0.25, -0.2) is 24.7 Å². The number of thiazole rings is 1. The molecule has 1 N–H and O–H groups in total. The van der Waals surface area contributed by atoms with Crippen LogP contribution in [0.15, 0.2) is 60.2 Å². The van der Waals surface area contributed by atoms with Crippen molar-refractivity contribution < 1.29 is 19.0 Å². The lowest BCUT2D eigenvalue weighted by Gasteiger charge is -2.09. The molecule has 206 valence electrons. The Hall–Kier alpha value is -4.68. The Morgan fingerprint density at radius 1 is 0.951 bits per heavy atom. The Balaban J connectivity index is 1.09. The van der Waals surface area contributed by atoms with E-state index in [1.807, 2.05) is 55.6 Å². The number of hydrogen-bond acceptors (Lipinski definition) is 11. The lowest BCUT2D eigenvalue weighted by atomic mass is 10.1. The van der Waals surface area contributed by atoms with Crippen molar-refractivity contribution in [1.29, 1.82) is 0 Å². The summed E-state index contributed by atoms with van der Waals surface area (Å²) in [6, 6.07) is 13.4. The van der Waals surface area contributed by atoms with E-state index in [9.17, 15) is 4.79 Å². The van der Waals surface area contributed by atoms with E-state index >= 15 is 0 Å². The van der Waals surface area contributed by atoms with Crippen LogP contribution in [0.25, 0.3) is 42.5 Å². The first-order valence-corrected chi connectivity index (χ1v) is 14.3. The summed E-state index contributed by atoms with van der Waals surface area (Å²) in [6.07, 6.45) is 2.61. The second-order valence-corrected chi connectivity index (χ2v) is 11.0. The van der Waals surface area contributed by atoms with Crippen LogP contribution in [-0.2, 0) is 4.74 Å². The van der Waals surface area contributed by atoms with Gasteiger partial charge in [0, 0.05) is 11.6 Å². The van der Waals surface area contributed by atoms with Gasteiger partial charge in [-0.05, 0) is 60.7 Å². The quantitative estimate of drug-likeness (QED) is 0.195. The molecule has 0 aliphatic heterocycles. The molecule has 41 heavy (non-hydrogen) atoms. The molecule has 10 nitrogen and oxygen atoms in total. The molecule has 5 aromatic heterocycles. The number of nitrogens with zero attached hydrogens (tertiary/aromatic N) is 5.